The lowest BCUT2D eigenvalue weighted by Crippen LogP contribution is -2.43. The van der Waals surface area contributed by atoms with E-state index in [1.807, 2.05) is 31.2 Å². The monoisotopic (exact) mass is 448 g/mol. The topological polar surface area (TPSA) is 67.4 Å². The van der Waals surface area contributed by atoms with Crippen LogP contribution in [0.5, 0.6) is 5.75 Å². The van der Waals surface area contributed by atoms with Crippen molar-refractivity contribution in [3.8, 4) is 5.75 Å². The van der Waals surface area contributed by atoms with E-state index in [1.54, 1.807) is 25.3 Å². The first-order valence-electron chi connectivity index (χ1n) is 11.9. The Hall–Kier alpha value is -3.08. The third-order valence-corrected chi connectivity index (χ3v) is 6.17. The summed E-state index contributed by atoms with van der Waals surface area (Å²) in [6.45, 7) is 8.41. The van der Waals surface area contributed by atoms with E-state index in [2.05, 4.69) is 37.5 Å². The van der Waals surface area contributed by atoms with Gasteiger partial charge in [0.15, 0.2) is 5.78 Å². The van der Waals surface area contributed by atoms with Gasteiger partial charge in [0.1, 0.15) is 5.75 Å². The molecule has 1 atom stereocenters. The molecule has 0 saturated heterocycles. The molecule has 33 heavy (non-hydrogen) atoms. The lowest BCUT2D eigenvalue weighted by molar-refractivity contribution is -0.120. The third-order valence-electron chi connectivity index (χ3n) is 6.17. The van der Waals surface area contributed by atoms with Gasteiger partial charge in [-0.2, -0.15) is 0 Å². The molecule has 0 aromatic heterocycles. The number of benzene rings is 2. The number of hydrogen-bond acceptors (Lipinski definition) is 4. The molecule has 0 bridgehead atoms. The molecular formula is C28H36N2O3. The van der Waals surface area contributed by atoms with Crippen molar-refractivity contribution >= 4 is 23.1 Å². The van der Waals surface area contributed by atoms with Gasteiger partial charge in [0.25, 0.3) is 0 Å². The van der Waals surface area contributed by atoms with Crippen molar-refractivity contribution in [3.05, 3.63) is 65.2 Å². The minimum absolute atomic E-state index is 0.00780. The van der Waals surface area contributed by atoms with Crippen LogP contribution in [0.2, 0.25) is 0 Å². The van der Waals surface area contributed by atoms with E-state index in [4.69, 9.17) is 4.74 Å². The van der Waals surface area contributed by atoms with Gasteiger partial charge in [-0.1, -0.05) is 44.9 Å². The van der Waals surface area contributed by atoms with Crippen molar-refractivity contribution in [1.29, 1.82) is 0 Å². The van der Waals surface area contributed by atoms with Gasteiger partial charge in [-0.05, 0) is 62.9 Å². The minimum Gasteiger partial charge on any atom is -0.497 e. The summed E-state index contributed by atoms with van der Waals surface area (Å²) in [4.78, 5) is 25.9. The maximum atomic E-state index is 13.2. The van der Waals surface area contributed by atoms with E-state index >= 15 is 0 Å². The summed E-state index contributed by atoms with van der Waals surface area (Å²) in [5.41, 5.74) is 3.96. The fourth-order valence-electron chi connectivity index (χ4n) is 4.33. The van der Waals surface area contributed by atoms with Crippen LogP contribution in [0.1, 0.15) is 74.9 Å². The highest BCUT2D eigenvalue weighted by molar-refractivity contribution is 6.09. The highest BCUT2D eigenvalue weighted by Crippen LogP contribution is 2.32. The Labute approximate surface area is 197 Å². The Bertz CT molecular complexity index is 1040. The number of nitrogens with one attached hydrogen (secondary N) is 2. The van der Waals surface area contributed by atoms with Crippen molar-refractivity contribution in [3.63, 3.8) is 0 Å². The van der Waals surface area contributed by atoms with Crippen molar-refractivity contribution < 1.29 is 14.3 Å². The maximum absolute atomic E-state index is 13.2. The molecule has 2 N–H and O–H groups in total. The number of methoxy groups -OCH3 is 1. The maximum Gasteiger partial charge on any atom is 0.227 e. The number of fused-ring (bicyclic) bond motifs is 1. The fraction of sp³-hybridized carbons (Fsp3) is 0.429. The van der Waals surface area contributed by atoms with Gasteiger partial charge < -0.3 is 15.4 Å². The molecule has 0 aliphatic carbocycles. The summed E-state index contributed by atoms with van der Waals surface area (Å²) in [5.74, 6) is 0.655. The van der Waals surface area contributed by atoms with Crippen LogP contribution < -0.4 is 15.4 Å². The molecule has 1 unspecified atom stereocenters. The molecular weight excluding hydrogens is 412 g/mol. The van der Waals surface area contributed by atoms with E-state index in [0.29, 0.717) is 11.3 Å². The zero-order valence-electron chi connectivity index (χ0n) is 20.5. The highest BCUT2D eigenvalue weighted by atomic mass is 16.5. The SMILES string of the molecule is CCCCC(CC)C(=O)Nc1cccc(C(=O)C=C2NC(C)(C)Cc3ccc(OC)cc32)c1. The zero-order chi connectivity index (χ0) is 24.0. The average molecular weight is 449 g/mol. The van der Waals surface area contributed by atoms with Crippen molar-refractivity contribution in [2.24, 2.45) is 5.92 Å². The summed E-state index contributed by atoms with van der Waals surface area (Å²) >= 11 is 0. The van der Waals surface area contributed by atoms with Crippen LogP contribution in [0, 0.1) is 5.92 Å². The Kier molecular flexibility index (Phi) is 7.96. The number of carbonyl (C=O) groups is 2. The number of hydrogen-bond donors (Lipinski definition) is 2. The first-order chi connectivity index (χ1) is 15.8. The largest absolute Gasteiger partial charge is 0.497 e. The summed E-state index contributed by atoms with van der Waals surface area (Å²) in [6, 6.07) is 13.2. The fourth-order valence-corrected chi connectivity index (χ4v) is 4.33. The lowest BCUT2D eigenvalue weighted by atomic mass is 9.85. The molecule has 2 aromatic carbocycles. The number of allylic oxidation sites excluding steroid dienone is 1. The van der Waals surface area contributed by atoms with Crippen LogP contribution in [-0.2, 0) is 11.2 Å². The molecule has 1 heterocycles. The molecule has 0 saturated carbocycles. The smallest absolute Gasteiger partial charge is 0.227 e. The third kappa shape index (κ3) is 6.25. The van der Waals surface area contributed by atoms with Crippen LogP contribution in [-0.4, -0.2) is 24.3 Å². The predicted octanol–water partition coefficient (Wildman–Crippen LogP) is 6.00. The van der Waals surface area contributed by atoms with E-state index in [1.165, 1.54) is 5.56 Å². The molecule has 176 valence electrons. The average Bonchev–Trinajstić information content (AvgIpc) is 2.78. The molecule has 1 aliphatic heterocycles. The highest BCUT2D eigenvalue weighted by Gasteiger charge is 2.28. The van der Waals surface area contributed by atoms with E-state index in [9.17, 15) is 9.59 Å². The van der Waals surface area contributed by atoms with E-state index < -0.39 is 0 Å². The van der Waals surface area contributed by atoms with Crippen LogP contribution in [0.3, 0.4) is 0 Å². The van der Waals surface area contributed by atoms with Gasteiger partial charge in [-0.3, -0.25) is 9.59 Å². The molecule has 1 amide bonds. The van der Waals surface area contributed by atoms with Crippen molar-refractivity contribution in [2.45, 2.75) is 65.3 Å². The minimum atomic E-state index is -0.169. The molecule has 5 heteroatoms. The molecule has 0 fully saturated rings. The summed E-state index contributed by atoms with van der Waals surface area (Å²) < 4.78 is 5.40. The van der Waals surface area contributed by atoms with Gasteiger partial charge >= 0.3 is 0 Å². The molecule has 5 nitrogen and oxygen atoms in total. The summed E-state index contributed by atoms with van der Waals surface area (Å²) in [7, 11) is 1.64. The quantitative estimate of drug-likeness (QED) is 0.365. The molecule has 0 spiro atoms. The first kappa shape index (κ1) is 24.6. The number of anilines is 1. The van der Waals surface area contributed by atoms with Gasteiger partial charge in [0, 0.05) is 40.0 Å². The summed E-state index contributed by atoms with van der Waals surface area (Å²) in [5, 5.41) is 6.51. The van der Waals surface area contributed by atoms with Crippen LogP contribution in [0.4, 0.5) is 5.69 Å². The Balaban J connectivity index is 1.84. The Morgan fingerprint density at radius 3 is 2.67 bits per heavy atom. The molecule has 1 aliphatic rings. The number of carbonyl (C=O) groups excluding carboxylic acids is 2. The predicted molar refractivity (Wildman–Crippen MR) is 135 cm³/mol. The normalized spacial score (nSPS) is 16.5. The molecule has 2 aromatic rings. The number of unbranched alkanes of at least 4 members (excludes halogenated alkanes) is 1. The number of ketones is 1. The van der Waals surface area contributed by atoms with Crippen LogP contribution in [0.25, 0.3) is 5.70 Å². The van der Waals surface area contributed by atoms with Gasteiger partial charge in [0.05, 0.1) is 7.11 Å². The van der Waals surface area contributed by atoms with Crippen LogP contribution >= 0.6 is 0 Å². The number of amides is 1. The zero-order valence-corrected chi connectivity index (χ0v) is 20.5. The molecule has 3 rings (SSSR count). The second-order valence-corrected chi connectivity index (χ2v) is 9.45. The number of rotatable bonds is 9. The van der Waals surface area contributed by atoms with Crippen LogP contribution in [0.15, 0.2) is 48.5 Å². The standard InChI is InChI=1S/C28H36N2O3/c1-6-8-10-19(7-2)27(32)29-22-12-9-11-20(15-22)26(31)17-25-24-16-23(33-5)14-13-21(24)18-28(3,4)30-25/h9,11-17,19,30H,6-8,10,18H2,1-5H3,(H,29,32). The molecule has 0 radical (unpaired) electrons. The van der Waals surface area contributed by atoms with Gasteiger partial charge in [-0.25, -0.2) is 0 Å². The van der Waals surface area contributed by atoms with Crippen molar-refractivity contribution in [2.75, 3.05) is 12.4 Å². The number of ether oxygens (including phenoxy) is 1. The van der Waals surface area contributed by atoms with E-state index in [0.717, 1.165) is 49.1 Å². The van der Waals surface area contributed by atoms with E-state index in [-0.39, 0.29) is 23.1 Å². The Morgan fingerprint density at radius 1 is 1.18 bits per heavy atom. The Morgan fingerprint density at radius 2 is 1.97 bits per heavy atom. The first-order valence-corrected chi connectivity index (χ1v) is 11.9. The van der Waals surface area contributed by atoms with Gasteiger partial charge in [-0.15, -0.1) is 0 Å². The van der Waals surface area contributed by atoms with Gasteiger partial charge in [0.2, 0.25) is 5.91 Å². The van der Waals surface area contributed by atoms with Crippen molar-refractivity contribution in [1.82, 2.24) is 5.32 Å². The summed E-state index contributed by atoms with van der Waals surface area (Å²) in [6.07, 6.45) is 6.30. The second-order valence-electron chi connectivity index (χ2n) is 9.45. The second kappa shape index (κ2) is 10.7. The lowest BCUT2D eigenvalue weighted by Gasteiger charge is -2.35.